The smallest absolute Gasteiger partial charge is 0.253 e. The first-order valence-electron chi connectivity index (χ1n) is 7.24. The van der Waals surface area contributed by atoms with Gasteiger partial charge in [0.1, 0.15) is 0 Å². The zero-order valence-electron chi connectivity index (χ0n) is 12.6. The molecule has 0 aromatic heterocycles. The van der Waals surface area contributed by atoms with Crippen LogP contribution in [-0.4, -0.2) is 42.9 Å². The molecule has 1 atom stereocenters. The standard InChI is InChI=1S/C15H19Cl2N3O2.ClH/c16-12-6-11(7-13(17)8-12)15(22)20-5-1-2-10(9-20)14(21)19-4-3-18;/h6-8,10H,1-5,9,18H2,(H,19,21);1H. The zero-order valence-corrected chi connectivity index (χ0v) is 14.9. The van der Waals surface area contributed by atoms with Crippen molar-refractivity contribution in [1.29, 1.82) is 0 Å². The van der Waals surface area contributed by atoms with E-state index in [2.05, 4.69) is 5.32 Å². The van der Waals surface area contributed by atoms with Crippen LogP contribution in [0.1, 0.15) is 23.2 Å². The summed E-state index contributed by atoms with van der Waals surface area (Å²) in [6, 6.07) is 4.76. The van der Waals surface area contributed by atoms with Crippen molar-refractivity contribution in [3.05, 3.63) is 33.8 Å². The summed E-state index contributed by atoms with van der Waals surface area (Å²) in [6.45, 7) is 1.89. The van der Waals surface area contributed by atoms with Gasteiger partial charge in [0.15, 0.2) is 0 Å². The quantitative estimate of drug-likeness (QED) is 0.842. The Morgan fingerprint density at radius 2 is 1.91 bits per heavy atom. The highest BCUT2D eigenvalue weighted by Gasteiger charge is 2.28. The molecule has 0 aliphatic carbocycles. The molecule has 1 saturated heterocycles. The molecule has 1 fully saturated rings. The Hall–Kier alpha value is -1.01. The van der Waals surface area contributed by atoms with Gasteiger partial charge in [0.25, 0.3) is 5.91 Å². The van der Waals surface area contributed by atoms with Crippen LogP contribution in [0.25, 0.3) is 0 Å². The molecule has 1 aromatic rings. The first-order chi connectivity index (χ1) is 10.5. The van der Waals surface area contributed by atoms with Gasteiger partial charge in [-0.2, -0.15) is 0 Å². The molecule has 1 heterocycles. The van der Waals surface area contributed by atoms with Crippen LogP contribution in [0.4, 0.5) is 0 Å². The van der Waals surface area contributed by atoms with Crippen molar-refractivity contribution < 1.29 is 9.59 Å². The van der Waals surface area contributed by atoms with Crippen molar-refractivity contribution in [3.8, 4) is 0 Å². The number of piperidine rings is 1. The largest absolute Gasteiger partial charge is 0.355 e. The number of hydrogen-bond acceptors (Lipinski definition) is 3. The number of amides is 2. The molecule has 2 rings (SSSR count). The van der Waals surface area contributed by atoms with Gasteiger partial charge in [-0.3, -0.25) is 9.59 Å². The molecule has 0 radical (unpaired) electrons. The van der Waals surface area contributed by atoms with Crippen LogP contribution in [0.2, 0.25) is 10.0 Å². The van der Waals surface area contributed by atoms with E-state index < -0.39 is 0 Å². The molecular weight excluding hydrogens is 361 g/mol. The molecule has 0 spiro atoms. The molecule has 8 heteroatoms. The second-order valence-corrected chi connectivity index (χ2v) is 6.20. The second-order valence-electron chi connectivity index (χ2n) is 5.33. The summed E-state index contributed by atoms with van der Waals surface area (Å²) in [4.78, 5) is 26.2. The van der Waals surface area contributed by atoms with E-state index >= 15 is 0 Å². The van der Waals surface area contributed by atoms with Crippen molar-refractivity contribution >= 4 is 47.4 Å². The average Bonchev–Trinajstić information content (AvgIpc) is 2.51. The Morgan fingerprint density at radius 1 is 1.26 bits per heavy atom. The number of nitrogens with two attached hydrogens (primary N) is 1. The summed E-state index contributed by atoms with van der Waals surface area (Å²) in [5.74, 6) is -0.397. The van der Waals surface area contributed by atoms with Gasteiger partial charge in [-0.05, 0) is 31.0 Å². The fraction of sp³-hybridized carbons (Fsp3) is 0.467. The Labute approximate surface area is 151 Å². The first kappa shape index (κ1) is 20.0. The molecule has 3 N–H and O–H groups in total. The highest BCUT2D eigenvalue weighted by atomic mass is 35.5. The van der Waals surface area contributed by atoms with E-state index in [9.17, 15) is 9.59 Å². The molecule has 1 aromatic carbocycles. The average molecular weight is 381 g/mol. The van der Waals surface area contributed by atoms with Gasteiger partial charge in [-0.15, -0.1) is 12.4 Å². The normalized spacial score (nSPS) is 17.3. The number of rotatable bonds is 4. The van der Waals surface area contributed by atoms with Gasteiger partial charge in [0, 0.05) is 41.8 Å². The number of carbonyl (C=O) groups excluding carboxylic acids is 2. The number of carbonyl (C=O) groups is 2. The summed E-state index contributed by atoms with van der Waals surface area (Å²) >= 11 is 11.9. The van der Waals surface area contributed by atoms with E-state index in [0.29, 0.717) is 41.8 Å². The highest BCUT2D eigenvalue weighted by molar-refractivity contribution is 6.35. The van der Waals surface area contributed by atoms with Crippen LogP contribution in [0.3, 0.4) is 0 Å². The summed E-state index contributed by atoms with van der Waals surface area (Å²) < 4.78 is 0. The van der Waals surface area contributed by atoms with Gasteiger partial charge in [0.2, 0.25) is 5.91 Å². The van der Waals surface area contributed by atoms with Crippen molar-refractivity contribution in [2.45, 2.75) is 12.8 Å². The number of halogens is 3. The molecule has 0 saturated carbocycles. The molecular formula is C15H20Cl3N3O2. The van der Waals surface area contributed by atoms with Crippen LogP contribution in [0.15, 0.2) is 18.2 Å². The Morgan fingerprint density at radius 3 is 2.52 bits per heavy atom. The predicted molar refractivity (Wildman–Crippen MR) is 94.4 cm³/mol. The number of likely N-dealkylation sites (tertiary alicyclic amines) is 1. The lowest BCUT2D eigenvalue weighted by Gasteiger charge is -2.32. The molecule has 23 heavy (non-hydrogen) atoms. The van der Waals surface area contributed by atoms with Gasteiger partial charge in [0.05, 0.1) is 5.92 Å². The van der Waals surface area contributed by atoms with Crippen molar-refractivity contribution in [2.24, 2.45) is 11.7 Å². The van der Waals surface area contributed by atoms with Crippen molar-refractivity contribution in [2.75, 3.05) is 26.2 Å². The number of nitrogens with one attached hydrogen (secondary N) is 1. The number of benzene rings is 1. The zero-order chi connectivity index (χ0) is 16.1. The van der Waals surface area contributed by atoms with E-state index in [1.165, 1.54) is 0 Å². The maximum atomic E-state index is 12.5. The lowest BCUT2D eigenvalue weighted by atomic mass is 9.96. The fourth-order valence-electron chi connectivity index (χ4n) is 2.58. The third kappa shape index (κ3) is 5.53. The third-order valence-corrected chi connectivity index (χ3v) is 4.07. The highest BCUT2D eigenvalue weighted by Crippen LogP contribution is 2.23. The number of nitrogens with zero attached hydrogens (tertiary/aromatic N) is 1. The summed E-state index contributed by atoms with van der Waals surface area (Å²) in [7, 11) is 0. The maximum absolute atomic E-state index is 12.5. The SMILES string of the molecule is Cl.NCCNC(=O)C1CCCN(C(=O)c2cc(Cl)cc(Cl)c2)C1. The second kappa shape index (κ2) is 9.33. The topological polar surface area (TPSA) is 75.4 Å². The summed E-state index contributed by atoms with van der Waals surface area (Å²) in [6.07, 6.45) is 1.57. The van der Waals surface area contributed by atoms with Gasteiger partial charge < -0.3 is 16.0 Å². The summed E-state index contributed by atoms with van der Waals surface area (Å²) in [5.41, 5.74) is 5.83. The van der Waals surface area contributed by atoms with Crippen LogP contribution in [0.5, 0.6) is 0 Å². The van der Waals surface area contributed by atoms with E-state index in [-0.39, 0.29) is 30.1 Å². The fourth-order valence-corrected chi connectivity index (χ4v) is 3.10. The van der Waals surface area contributed by atoms with Gasteiger partial charge in [-0.25, -0.2) is 0 Å². The van der Waals surface area contributed by atoms with Crippen LogP contribution < -0.4 is 11.1 Å². The van der Waals surface area contributed by atoms with E-state index in [4.69, 9.17) is 28.9 Å². The van der Waals surface area contributed by atoms with Gasteiger partial charge in [-0.1, -0.05) is 23.2 Å². The minimum atomic E-state index is -0.195. The van der Waals surface area contributed by atoms with Crippen molar-refractivity contribution in [1.82, 2.24) is 10.2 Å². The molecule has 0 bridgehead atoms. The van der Waals surface area contributed by atoms with Crippen molar-refractivity contribution in [3.63, 3.8) is 0 Å². The first-order valence-corrected chi connectivity index (χ1v) is 8.00. The molecule has 5 nitrogen and oxygen atoms in total. The van der Waals surface area contributed by atoms with Crippen LogP contribution >= 0.6 is 35.6 Å². The molecule has 128 valence electrons. The van der Waals surface area contributed by atoms with Crippen LogP contribution in [-0.2, 0) is 4.79 Å². The molecule has 1 aliphatic heterocycles. The van der Waals surface area contributed by atoms with Gasteiger partial charge >= 0.3 is 0 Å². The molecule has 1 unspecified atom stereocenters. The lowest BCUT2D eigenvalue weighted by Crippen LogP contribution is -2.46. The van der Waals surface area contributed by atoms with Crippen LogP contribution in [0, 0.1) is 5.92 Å². The molecule has 1 aliphatic rings. The predicted octanol–water partition coefficient (Wildman–Crippen LogP) is 2.34. The Bertz CT molecular complexity index is 549. The minimum absolute atomic E-state index is 0. The number of hydrogen-bond donors (Lipinski definition) is 2. The summed E-state index contributed by atoms with van der Waals surface area (Å²) in [5, 5.41) is 3.62. The lowest BCUT2D eigenvalue weighted by molar-refractivity contribution is -0.126. The third-order valence-electron chi connectivity index (χ3n) is 3.63. The minimum Gasteiger partial charge on any atom is -0.355 e. The van der Waals surface area contributed by atoms with E-state index in [0.717, 1.165) is 12.8 Å². The monoisotopic (exact) mass is 379 g/mol. The molecule has 2 amide bonds. The van der Waals surface area contributed by atoms with E-state index in [1.807, 2.05) is 0 Å². The van der Waals surface area contributed by atoms with E-state index in [1.54, 1.807) is 23.1 Å². The Kier molecular flexibility index (Phi) is 8.12. The Balaban J connectivity index is 0.00000264. The maximum Gasteiger partial charge on any atom is 0.253 e.